The van der Waals surface area contributed by atoms with Crippen molar-refractivity contribution in [3.8, 4) is 5.75 Å². The highest BCUT2D eigenvalue weighted by molar-refractivity contribution is 5.96. The molecule has 0 aliphatic heterocycles. The molecule has 30 heavy (non-hydrogen) atoms. The van der Waals surface area contributed by atoms with E-state index in [4.69, 9.17) is 4.74 Å². The van der Waals surface area contributed by atoms with E-state index in [0.29, 0.717) is 11.1 Å². The number of hydrazone groups is 1. The molecule has 0 unspecified atom stereocenters. The topological polar surface area (TPSA) is 111 Å². The summed E-state index contributed by atoms with van der Waals surface area (Å²) in [5.74, 6) is -0.995. The van der Waals surface area contributed by atoms with Gasteiger partial charge in [-0.25, -0.2) is 10.2 Å². The van der Waals surface area contributed by atoms with E-state index in [1.807, 2.05) is 6.92 Å². The Morgan fingerprint density at radius 1 is 1.00 bits per heavy atom. The number of nitrogens with one attached hydrogen (secondary N) is 1. The highest BCUT2D eigenvalue weighted by Crippen LogP contribution is 2.24. The summed E-state index contributed by atoms with van der Waals surface area (Å²) in [6.45, 7) is 1.90. The van der Waals surface area contributed by atoms with E-state index in [1.165, 1.54) is 24.4 Å². The van der Waals surface area contributed by atoms with Crippen molar-refractivity contribution < 1.29 is 19.2 Å². The molecule has 0 radical (unpaired) electrons. The van der Waals surface area contributed by atoms with Gasteiger partial charge in [0.25, 0.3) is 11.6 Å². The number of hydrogen-bond acceptors (Lipinski definition) is 6. The molecule has 0 aliphatic carbocycles. The predicted molar refractivity (Wildman–Crippen MR) is 111 cm³/mol. The molecule has 150 valence electrons. The molecule has 0 fully saturated rings. The quantitative estimate of drug-likeness (QED) is 0.221. The van der Waals surface area contributed by atoms with E-state index in [0.717, 1.165) is 5.56 Å². The number of amides is 1. The van der Waals surface area contributed by atoms with Gasteiger partial charge in [-0.1, -0.05) is 35.9 Å². The van der Waals surface area contributed by atoms with Gasteiger partial charge in [0, 0.05) is 23.3 Å². The second-order valence-electron chi connectivity index (χ2n) is 6.30. The Labute approximate surface area is 172 Å². The number of nitro benzene ring substituents is 1. The van der Waals surface area contributed by atoms with Gasteiger partial charge in [-0.05, 0) is 37.3 Å². The van der Waals surface area contributed by atoms with E-state index in [1.54, 1.807) is 54.6 Å². The van der Waals surface area contributed by atoms with Gasteiger partial charge in [-0.3, -0.25) is 14.9 Å². The van der Waals surface area contributed by atoms with Crippen LogP contribution in [0.3, 0.4) is 0 Å². The van der Waals surface area contributed by atoms with Crippen LogP contribution in [0.4, 0.5) is 5.69 Å². The van der Waals surface area contributed by atoms with Crippen LogP contribution in [0.25, 0.3) is 0 Å². The summed E-state index contributed by atoms with van der Waals surface area (Å²) in [6, 6.07) is 18.9. The van der Waals surface area contributed by atoms with Crippen molar-refractivity contribution in [2.24, 2.45) is 5.10 Å². The molecule has 8 nitrogen and oxygen atoms in total. The van der Waals surface area contributed by atoms with Crippen molar-refractivity contribution in [2.45, 2.75) is 6.92 Å². The summed E-state index contributed by atoms with van der Waals surface area (Å²) < 4.78 is 5.36. The Morgan fingerprint density at radius 2 is 1.70 bits per heavy atom. The van der Waals surface area contributed by atoms with Gasteiger partial charge in [-0.2, -0.15) is 5.10 Å². The minimum Gasteiger partial charge on any atom is -0.422 e. The van der Waals surface area contributed by atoms with Crippen molar-refractivity contribution in [2.75, 3.05) is 0 Å². The summed E-state index contributed by atoms with van der Waals surface area (Å²) in [5, 5.41) is 14.9. The average Bonchev–Trinajstić information content (AvgIpc) is 2.75. The van der Waals surface area contributed by atoms with Crippen LogP contribution >= 0.6 is 0 Å². The zero-order chi connectivity index (χ0) is 21.5. The summed E-state index contributed by atoms with van der Waals surface area (Å²) in [7, 11) is 0. The summed E-state index contributed by atoms with van der Waals surface area (Å²) in [6.07, 6.45) is 1.19. The molecule has 0 saturated carbocycles. The molecule has 3 rings (SSSR count). The second-order valence-corrected chi connectivity index (χ2v) is 6.30. The molecule has 0 aromatic heterocycles. The minimum absolute atomic E-state index is 0.0720. The number of nitro groups is 1. The summed E-state index contributed by atoms with van der Waals surface area (Å²) in [4.78, 5) is 35.0. The monoisotopic (exact) mass is 403 g/mol. The number of rotatable bonds is 6. The lowest BCUT2D eigenvalue weighted by molar-refractivity contribution is -0.384. The van der Waals surface area contributed by atoms with Crippen LogP contribution in [0.2, 0.25) is 0 Å². The van der Waals surface area contributed by atoms with Crippen molar-refractivity contribution in [3.63, 3.8) is 0 Å². The van der Waals surface area contributed by atoms with Gasteiger partial charge < -0.3 is 4.74 Å². The first-order valence-corrected chi connectivity index (χ1v) is 8.90. The molecule has 8 heteroatoms. The highest BCUT2D eigenvalue weighted by atomic mass is 16.6. The maximum atomic E-state index is 12.3. The molecule has 0 aliphatic rings. The maximum Gasteiger partial charge on any atom is 0.343 e. The third-order valence-corrected chi connectivity index (χ3v) is 4.10. The van der Waals surface area contributed by atoms with Crippen molar-refractivity contribution in [3.05, 3.63) is 105 Å². The van der Waals surface area contributed by atoms with Gasteiger partial charge in [0.05, 0.1) is 16.7 Å². The molecule has 1 N–H and O–H groups in total. The lowest BCUT2D eigenvalue weighted by Gasteiger charge is -2.07. The normalized spacial score (nSPS) is 10.6. The fourth-order valence-electron chi connectivity index (χ4n) is 2.51. The predicted octanol–water partition coefficient (Wildman–Crippen LogP) is 3.89. The van der Waals surface area contributed by atoms with Crippen molar-refractivity contribution in [1.82, 2.24) is 5.43 Å². The second kappa shape index (κ2) is 9.24. The number of esters is 1. The van der Waals surface area contributed by atoms with Gasteiger partial charge in [-0.15, -0.1) is 0 Å². The Morgan fingerprint density at radius 3 is 2.37 bits per heavy atom. The van der Waals surface area contributed by atoms with Crippen LogP contribution in [0.15, 0.2) is 77.9 Å². The molecule has 0 heterocycles. The van der Waals surface area contributed by atoms with Crippen LogP contribution in [0, 0.1) is 17.0 Å². The standard InChI is InChI=1S/C22H17N3O5/c1-15-7-9-16(10-8-15)21(26)24-23-14-18-13-19(25(28)29)11-12-20(18)30-22(27)17-5-3-2-4-6-17/h2-14H,1H3,(H,24,26)/b23-14+. The Kier molecular flexibility index (Phi) is 6.29. The lowest BCUT2D eigenvalue weighted by Crippen LogP contribution is -2.17. The van der Waals surface area contributed by atoms with E-state index < -0.39 is 16.8 Å². The number of aryl methyl sites for hydroxylation is 1. The molecule has 0 saturated heterocycles. The molecule has 3 aromatic carbocycles. The van der Waals surface area contributed by atoms with E-state index in [2.05, 4.69) is 10.5 Å². The molecule has 0 bridgehead atoms. The van der Waals surface area contributed by atoms with Gasteiger partial charge >= 0.3 is 5.97 Å². The molecule has 0 atom stereocenters. The number of nitrogens with zero attached hydrogens (tertiary/aromatic N) is 2. The number of non-ortho nitro benzene ring substituents is 1. The largest absolute Gasteiger partial charge is 0.422 e. The van der Waals surface area contributed by atoms with Crippen LogP contribution in [0.1, 0.15) is 31.8 Å². The third-order valence-electron chi connectivity index (χ3n) is 4.10. The Bertz CT molecular complexity index is 1110. The SMILES string of the molecule is Cc1ccc(C(=O)N/N=C/c2cc([N+](=O)[O-])ccc2OC(=O)c2ccccc2)cc1. The first kappa shape index (κ1) is 20.4. The fourth-order valence-corrected chi connectivity index (χ4v) is 2.51. The summed E-state index contributed by atoms with van der Waals surface area (Å²) >= 11 is 0. The number of benzene rings is 3. The van der Waals surface area contributed by atoms with Crippen LogP contribution in [0.5, 0.6) is 5.75 Å². The van der Waals surface area contributed by atoms with E-state index in [-0.39, 0.29) is 17.0 Å². The molecule has 0 spiro atoms. The number of hydrogen-bond donors (Lipinski definition) is 1. The van der Waals surface area contributed by atoms with E-state index >= 15 is 0 Å². The zero-order valence-corrected chi connectivity index (χ0v) is 15.9. The van der Waals surface area contributed by atoms with Crippen molar-refractivity contribution in [1.29, 1.82) is 0 Å². The van der Waals surface area contributed by atoms with Gasteiger partial charge in [0.15, 0.2) is 0 Å². The molecular weight excluding hydrogens is 386 g/mol. The lowest BCUT2D eigenvalue weighted by atomic mass is 10.1. The Balaban J connectivity index is 1.80. The number of carbonyl (C=O) groups is 2. The number of ether oxygens (including phenoxy) is 1. The highest BCUT2D eigenvalue weighted by Gasteiger charge is 2.15. The Hall–Kier alpha value is -4.33. The van der Waals surface area contributed by atoms with Crippen molar-refractivity contribution >= 4 is 23.8 Å². The van der Waals surface area contributed by atoms with Crippen LogP contribution in [-0.4, -0.2) is 23.0 Å². The molecular formula is C22H17N3O5. The summed E-state index contributed by atoms with van der Waals surface area (Å²) in [5.41, 5.74) is 4.05. The van der Waals surface area contributed by atoms with Crippen LogP contribution < -0.4 is 10.2 Å². The van der Waals surface area contributed by atoms with Gasteiger partial charge in [0.1, 0.15) is 5.75 Å². The third kappa shape index (κ3) is 5.14. The average molecular weight is 403 g/mol. The minimum atomic E-state index is -0.622. The molecule has 3 aromatic rings. The van der Waals surface area contributed by atoms with Gasteiger partial charge in [0.2, 0.25) is 0 Å². The zero-order valence-electron chi connectivity index (χ0n) is 15.9. The smallest absolute Gasteiger partial charge is 0.343 e. The first-order valence-electron chi connectivity index (χ1n) is 8.90. The van der Waals surface area contributed by atoms with E-state index in [9.17, 15) is 19.7 Å². The maximum absolute atomic E-state index is 12.3. The molecule has 1 amide bonds. The first-order chi connectivity index (χ1) is 14.4. The number of carbonyl (C=O) groups excluding carboxylic acids is 2. The fraction of sp³-hybridized carbons (Fsp3) is 0.0455. The van der Waals surface area contributed by atoms with Crippen LogP contribution in [-0.2, 0) is 0 Å².